The highest BCUT2D eigenvalue weighted by Crippen LogP contribution is 2.34. The molecule has 1 saturated heterocycles. The Kier molecular flexibility index (Phi) is 5.40. The highest BCUT2D eigenvalue weighted by molar-refractivity contribution is 5.97. The molecule has 1 atom stereocenters. The monoisotopic (exact) mass is 437 g/mol. The molecule has 0 N–H and O–H groups in total. The van der Waals surface area contributed by atoms with Crippen molar-refractivity contribution in [2.75, 3.05) is 37.7 Å². The normalized spacial score (nSPS) is 18.3. The number of para-hydroxylation sites is 4. The maximum absolute atomic E-state index is 13.2. The van der Waals surface area contributed by atoms with Crippen molar-refractivity contribution in [2.24, 2.45) is 0 Å². The minimum Gasteiger partial charge on any atom is -0.476 e. The predicted octanol–water partition coefficient (Wildman–Crippen LogP) is 1.64. The fraction of sp³-hybridized carbons (Fsp3) is 0.348. The zero-order chi connectivity index (χ0) is 22.1. The average Bonchev–Trinajstić information content (AvgIpc) is 3.16. The minimum atomic E-state index is -0.788. The van der Waals surface area contributed by atoms with E-state index >= 15 is 0 Å². The van der Waals surface area contributed by atoms with E-state index in [1.807, 2.05) is 12.1 Å². The highest BCUT2D eigenvalue weighted by Gasteiger charge is 2.36. The molecule has 0 radical (unpaired) electrons. The molecule has 32 heavy (non-hydrogen) atoms. The number of hydrogen-bond donors (Lipinski definition) is 0. The summed E-state index contributed by atoms with van der Waals surface area (Å²) in [6.07, 6.45) is -0.708. The van der Waals surface area contributed by atoms with Crippen molar-refractivity contribution in [3.63, 3.8) is 0 Å². The lowest BCUT2D eigenvalue weighted by atomic mass is 10.1. The molecule has 0 spiro atoms. The number of carbonyl (C=O) groups is 2. The maximum atomic E-state index is 13.2. The van der Waals surface area contributed by atoms with E-state index in [1.165, 1.54) is 4.57 Å². The molecule has 2 aliphatic heterocycles. The van der Waals surface area contributed by atoms with Crippen LogP contribution in [-0.2, 0) is 20.9 Å². The van der Waals surface area contributed by atoms with E-state index in [4.69, 9.17) is 13.9 Å². The van der Waals surface area contributed by atoms with Gasteiger partial charge in [0.15, 0.2) is 11.7 Å². The first kappa shape index (κ1) is 20.3. The van der Waals surface area contributed by atoms with Gasteiger partial charge in [0.2, 0.25) is 5.91 Å². The average molecular weight is 437 g/mol. The van der Waals surface area contributed by atoms with E-state index < -0.39 is 11.9 Å². The first-order valence-electron chi connectivity index (χ1n) is 10.6. The van der Waals surface area contributed by atoms with Crippen LogP contribution in [0.3, 0.4) is 0 Å². The lowest BCUT2D eigenvalue weighted by molar-refractivity contribution is -0.142. The van der Waals surface area contributed by atoms with Gasteiger partial charge in [-0.3, -0.25) is 14.2 Å². The van der Waals surface area contributed by atoms with E-state index in [1.54, 1.807) is 46.2 Å². The Bertz CT molecular complexity index is 1210. The summed E-state index contributed by atoms with van der Waals surface area (Å²) in [5.74, 6) is -0.359. The van der Waals surface area contributed by atoms with E-state index in [9.17, 15) is 14.4 Å². The van der Waals surface area contributed by atoms with Gasteiger partial charge in [-0.05, 0) is 24.3 Å². The fourth-order valence-corrected chi connectivity index (χ4v) is 4.15. The van der Waals surface area contributed by atoms with Gasteiger partial charge in [-0.1, -0.05) is 24.3 Å². The zero-order valence-corrected chi connectivity index (χ0v) is 17.4. The predicted molar refractivity (Wildman–Crippen MR) is 116 cm³/mol. The van der Waals surface area contributed by atoms with Crippen LogP contribution in [0.15, 0.2) is 57.7 Å². The Morgan fingerprint density at radius 1 is 1.00 bits per heavy atom. The molecular weight excluding hydrogens is 414 g/mol. The van der Waals surface area contributed by atoms with Crippen molar-refractivity contribution in [2.45, 2.75) is 19.1 Å². The molecule has 0 aliphatic carbocycles. The van der Waals surface area contributed by atoms with Gasteiger partial charge in [-0.15, -0.1) is 0 Å². The number of hydrogen-bond acceptors (Lipinski definition) is 6. The van der Waals surface area contributed by atoms with Gasteiger partial charge in [0, 0.05) is 26.1 Å². The van der Waals surface area contributed by atoms with Crippen LogP contribution in [-0.4, -0.2) is 60.2 Å². The summed E-state index contributed by atoms with van der Waals surface area (Å²) in [6.45, 7) is 2.29. The number of fused-ring (bicyclic) bond motifs is 2. The van der Waals surface area contributed by atoms with Crippen molar-refractivity contribution in [3.8, 4) is 5.75 Å². The molecule has 1 fully saturated rings. The Balaban J connectivity index is 1.36. The molecule has 9 heteroatoms. The summed E-state index contributed by atoms with van der Waals surface area (Å²) >= 11 is 0. The van der Waals surface area contributed by atoms with Crippen LogP contribution >= 0.6 is 0 Å². The Hall–Kier alpha value is -3.59. The topological polar surface area (TPSA) is 94.2 Å². The molecule has 0 unspecified atom stereocenters. The largest absolute Gasteiger partial charge is 0.476 e. The maximum Gasteiger partial charge on any atom is 0.419 e. The molecule has 9 nitrogen and oxygen atoms in total. The van der Waals surface area contributed by atoms with Crippen molar-refractivity contribution >= 4 is 28.6 Å². The Morgan fingerprint density at radius 3 is 2.59 bits per heavy atom. The molecule has 0 bridgehead atoms. The van der Waals surface area contributed by atoms with Gasteiger partial charge in [0.05, 0.1) is 31.0 Å². The third kappa shape index (κ3) is 3.75. The SMILES string of the molecule is O=C([C@@H]1CN(C(=O)CCn2c(=O)oc3ccccc32)c2ccccc2O1)N1CCOCC1. The van der Waals surface area contributed by atoms with E-state index in [0.29, 0.717) is 48.8 Å². The molecule has 3 heterocycles. The second-order valence-electron chi connectivity index (χ2n) is 7.75. The molecular formula is C23H23N3O6. The molecule has 5 rings (SSSR count). The second-order valence-corrected chi connectivity index (χ2v) is 7.75. The first-order chi connectivity index (χ1) is 15.6. The van der Waals surface area contributed by atoms with Gasteiger partial charge >= 0.3 is 5.76 Å². The number of carbonyl (C=O) groups excluding carboxylic acids is 2. The number of rotatable bonds is 4. The van der Waals surface area contributed by atoms with Crippen LogP contribution in [0.5, 0.6) is 5.75 Å². The van der Waals surface area contributed by atoms with Crippen molar-refractivity contribution in [1.29, 1.82) is 0 Å². The molecule has 166 valence electrons. The van der Waals surface area contributed by atoms with Crippen LogP contribution in [0.4, 0.5) is 5.69 Å². The van der Waals surface area contributed by atoms with E-state index in [-0.39, 0.29) is 31.3 Å². The van der Waals surface area contributed by atoms with Crippen LogP contribution in [0, 0.1) is 0 Å². The van der Waals surface area contributed by atoms with Gasteiger partial charge in [0.25, 0.3) is 5.91 Å². The van der Waals surface area contributed by atoms with Crippen LogP contribution in [0.2, 0.25) is 0 Å². The van der Waals surface area contributed by atoms with Gasteiger partial charge < -0.3 is 23.7 Å². The van der Waals surface area contributed by atoms with Crippen LogP contribution in [0.1, 0.15) is 6.42 Å². The third-order valence-electron chi connectivity index (χ3n) is 5.80. The lowest BCUT2D eigenvalue weighted by Crippen LogP contribution is -2.54. The summed E-state index contributed by atoms with van der Waals surface area (Å²) in [5, 5.41) is 0. The lowest BCUT2D eigenvalue weighted by Gasteiger charge is -2.37. The van der Waals surface area contributed by atoms with Crippen molar-refractivity contribution in [3.05, 3.63) is 59.1 Å². The number of benzene rings is 2. The number of oxazole rings is 1. The second kappa shape index (κ2) is 8.51. The minimum absolute atomic E-state index is 0.0796. The fourth-order valence-electron chi connectivity index (χ4n) is 4.15. The molecule has 2 amide bonds. The number of aryl methyl sites for hydroxylation is 1. The molecule has 0 saturated carbocycles. The number of anilines is 1. The first-order valence-corrected chi connectivity index (χ1v) is 10.6. The summed E-state index contributed by atoms with van der Waals surface area (Å²) < 4.78 is 18.0. The highest BCUT2D eigenvalue weighted by atomic mass is 16.5. The van der Waals surface area contributed by atoms with Gasteiger partial charge in [-0.25, -0.2) is 4.79 Å². The quantitative estimate of drug-likeness (QED) is 0.616. The standard InChI is InChI=1S/C23H23N3O6/c27-21(9-10-25-16-5-1-4-8-19(16)32-23(25)29)26-15-20(22(28)24-11-13-30-14-12-24)31-18-7-3-2-6-17(18)26/h1-8,20H,9-15H2/t20-/m0/s1. The number of morpholine rings is 1. The number of ether oxygens (including phenoxy) is 2. The molecule has 3 aromatic rings. The van der Waals surface area contributed by atoms with Crippen molar-refractivity contribution < 1.29 is 23.5 Å². The summed E-state index contributed by atoms with van der Waals surface area (Å²) in [4.78, 5) is 41.8. The number of aromatic nitrogens is 1. The van der Waals surface area contributed by atoms with Crippen LogP contribution in [0.25, 0.3) is 11.1 Å². The smallest absolute Gasteiger partial charge is 0.419 e. The number of nitrogens with zero attached hydrogens (tertiary/aromatic N) is 3. The summed E-state index contributed by atoms with van der Waals surface area (Å²) in [5.41, 5.74) is 1.75. The van der Waals surface area contributed by atoms with E-state index in [0.717, 1.165) is 0 Å². The summed E-state index contributed by atoms with van der Waals surface area (Å²) in [7, 11) is 0. The number of amides is 2. The zero-order valence-electron chi connectivity index (χ0n) is 17.4. The Morgan fingerprint density at radius 2 is 1.75 bits per heavy atom. The summed E-state index contributed by atoms with van der Waals surface area (Å²) in [6, 6.07) is 14.3. The van der Waals surface area contributed by atoms with Crippen LogP contribution < -0.4 is 15.4 Å². The van der Waals surface area contributed by atoms with Gasteiger partial charge in [0.1, 0.15) is 5.75 Å². The van der Waals surface area contributed by atoms with Gasteiger partial charge in [-0.2, -0.15) is 0 Å². The molecule has 2 aliphatic rings. The molecule has 2 aromatic carbocycles. The van der Waals surface area contributed by atoms with E-state index in [2.05, 4.69) is 0 Å². The van der Waals surface area contributed by atoms with Crippen molar-refractivity contribution in [1.82, 2.24) is 9.47 Å². The molecule has 1 aromatic heterocycles. The third-order valence-corrected chi connectivity index (χ3v) is 5.80. The Labute approximate surface area is 183 Å².